The lowest BCUT2D eigenvalue weighted by Crippen LogP contribution is -2.32. The zero-order chi connectivity index (χ0) is 10.6. The maximum Gasteiger partial charge on any atom is 0.0628 e. The van der Waals surface area contributed by atoms with Crippen LogP contribution in [0.3, 0.4) is 0 Å². The Kier molecular flexibility index (Phi) is 4.24. The van der Waals surface area contributed by atoms with Gasteiger partial charge in [0.2, 0.25) is 0 Å². The van der Waals surface area contributed by atoms with Crippen LogP contribution in [0.15, 0.2) is 0 Å². The van der Waals surface area contributed by atoms with Crippen molar-refractivity contribution >= 4 is 23.5 Å². The van der Waals surface area contributed by atoms with Crippen LogP contribution in [-0.4, -0.2) is 35.6 Å². The average Bonchev–Trinajstić information content (AvgIpc) is 3.00. The van der Waals surface area contributed by atoms with E-state index < -0.39 is 0 Å². The number of thioether (sulfide) groups is 2. The van der Waals surface area contributed by atoms with E-state index in [0.717, 1.165) is 24.8 Å². The number of hydrogen-bond acceptors (Lipinski definition) is 4. The van der Waals surface area contributed by atoms with Crippen LogP contribution in [0, 0.1) is 16.7 Å². The van der Waals surface area contributed by atoms with Crippen molar-refractivity contribution in [3.63, 3.8) is 0 Å². The topological polar surface area (TPSA) is 35.8 Å². The largest absolute Gasteiger partial charge is 0.315 e. The summed E-state index contributed by atoms with van der Waals surface area (Å²) in [5.41, 5.74) is 0.362. The molecule has 2 aliphatic rings. The summed E-state index contributed by atoms with van der Waals surface area (Å²) in [6, 6.07) is 2.31. The van der Waals surface area contributed by atoms with E-state index in [1.807, 2.05) is 0 Å². The van der Waals surface area contributed by atoms with E-state index in [0.29, 0.717) is 5.41 Å². The van der Waals surface area contributed by atoms with Gasteiger partial charge < -0.3 is 5.32 Å². The van der Waals surface area contributed by atoms with Gasteiger partial charge in [-0.3, -0.25) is 0 Å². The quantitative estimate of drug-likeness (QED) is 0.801. The standard InChI is InChI=1S/C11H18N2S2/c12-4-3-11(1-2-11)9-13-7-10-8-14-5-6-15-10/h10,13H,1-3,5-9H2. The van der Waals surface area contributed by atoms with Crippen molar-refractivity contribution in [2.75, 3.05) is 30.3 Å². The maximum atomic E-state index is 8.70. The third-order valence-electron chi connectivity index (χ3n) is 3.17. The second kappa shape index (κ2) is 5.47. The molecule has 1 aliphatic carbocycles. The summed E-state index contributed by atoms with van der Waals surface area (Å²) in [4.78, 5) is 0. The molecule has 0 aromatic heterocycles. The lowest BCUT2D eigenvalue weighted by atomic mass is 10.0. The van der Waals surface area contributed by atoms with Crippen molar-refractivity contribution in [3.8, 4) is 6.07 Å². The Hall–Kier alpha value is 0.150. The van der Waals surface area contributed by atoms with Crippen LogP contribution in [0.1, 0.15) is 19.3 Å². The predicted molar refractivity (Wildman–Crippen MR) is 68.3 cm³/mol. The smallest absolute Gasteiger partial charge is 0.0628 e. The first-order valence-electron chi connectivity index (χ1n) is 5.62. The van der Waals surface area contributed by atoms with Gasteiger partial charge in [0.1, 0.15) is 0 Å². The van der Waals surface area contributed by atoms with Gasteiger partial charge in [-0.05, 0) is 18.3 Å². The van der Waals surface area contributed by atoms with Crippen LogP contribution in [0.5, 0.6) is 0 Å². The SMILES string of the molecule is N#CCC1(CNCC2CSCCS2)CC1. The zero-order valence-corrected chi connectivity index (χ0v) is 10.6. The normalized spacial score (nSPS) is 28.3. The van der Waals surface area contributed by atoms with Gasteiger partial charge >= 0.3 is 0 Å². The van der Waals surface area contributed by atoms with Crippen molar-refractivity contribution in [1.29, 1.82) is 5.26 Å². The highest BCUT2D eigenvalue weighted by Gasteiger charge is 2.41. The zero-order valence-electron chi connectivity index (χ0n) is 9.00. The molecule has 1 saturated carbocycles. The van der Waals surface area contributed by atoms with Gasteiger partial charge in [0.05, 0.1) is 6.07 Å². The summed E-state index contributed by atoms with van der Waals surface area (Å²) in [5.74, 6) is 3.92. The van der Waals surface area contributed by atoms with Crippen LogP contribution < -0.4 is 5.32 Å². The lowest BCUT2D eigenvalue weighted by Gasteiger charge is -2.22. The Morgan fingerprint density at radius 1 is 1.40 bits per heavy atom. The predicted octanol–water partition coefficient (Wildman–Crippen LogP) is 2.12. The number of hydrogen-bond donors (Lipinski definition) is 1. The summed E-state index contributed by atoms with van der Waals surface area (Å²) >= 11 is 4.17. The van der Waals surface area contributed by atoms with Gasteiger partial charge in [-0.1, -0.05) is 0 Å². The van der Waals surface area contributed by atoms with Crippen LogP contribution in [0.4, 0.5) is 0 Å². The fourth-order valence-electron chi connectivity index (χ4n) is 1.91. The number of rotatable bonds is 5. The monoisotopic (exact) mass is 242 g/mol. The fourth-order valence-corrected chi connectivity index (χ4v) is 4.56. The highest BCUT2D eigenvalue weighted by Crippen LogP contribution is 2.47. The van der Waals surface area contributed by atoms with Gasteiger partial charge in [-0.2, -0.15) is 28.8 Å². The molecule has 1 N–H and O–H groups in total. The molecular weight excluding hydrogens is 224 g/mol. The van der Waals surface area contributed by atoms with Crippen LogP contribution in [-0.2, 0) is 0 Å². The van der Waals surface area contributed by atoms with Gasteiger partial charge in [0.25, 0.3) is 0 Å². The molecule has 0 amide bonds. The fraction of sp³-hybridized carbons (Fsp3) is 0.909. The molecule has 0 bridgehead atoms. The first kappa shape index (κ1) is 11.6. The minimum Gasteiger partial charge on any atom is -0.315 e. The molecule has 1 saturated heterocycles. The van der Waals surface area contributed by atoms with E-state index in [2.05, 4.69) is 34.9 Å². The second-order valence-electron chi connectivity index (χ2n) is 4.53. The van der Waals surface area contributed by atoms with Gasteiger partial charge in [-0.25, -0.2) is 0 Å². The van der Waals surface area contributed by atoms with Crippen molar-refractivity contribution in [1.82, 2.24) is 5.32 Å². The molecule has 2 fully saturated rings. The Morgan fingerprint density at radius 3 is 2.87 bits per heavy atom. The molecule has 0 aromatic carbocycles. The summed E-state index contributed by atoms with van der Waals surface area (Å²) in [6.45, 7) is 2.19. The number of nitrogens with zero attached hydrogens (tertiary/aromatic N) is 1. The first-order chi connectivity index (χ1) is 7.35. The molecule has 1 atom stereocenters. The Balaban J connectivity index is 1.60. The molecule has 1 heterocycles. The summed E-state index contributed by atoms with van der Waals surface area (Å²) in [7, 11) is 0. The van der Waals surface area contributed by atoms with Crippen LogP contribution >= 0.6 is 23.5 Å². The number of nitriles is 1. The van der Waals surface area contributed by atoms with E-state index in [1.165, 1.54) is 30.1 Å². The van der Waals surface area contributed by atoms with E-state index >= 15 is 0 Å². The first-order valence-corrected chi connectivity index (χ1v) is 7.82. The van der Waals surface area contributed by atoms with E-state index in [9.17, 15) is 0 Å². The molecule has 1 unspecified atom stereocenters. The molecular formula is C11H18N2S2. The molecule has 2 nitrogen and oxygen atoms in total. The van der Waals surface area contributed by atoms with Gasteiger partial charge in [-0.15, -0.1) is 0 Å². The Labute approximate surface area is 101 Å². The van der Waals surface area contributed by atoms with E-state index in [4.69, 9.17) is 5.26 Å². The van der Waals surface area contributed by atoms with E-state index in [-0.39, 0.29) is 0 Å². The summed E-state index contributed by atoms with van der Waals surface area (Å²) < 4.78 is 0. The van der Waals surface area contributed by atoms with Crippen molar-refractivity contribution in [3.05, 3.63) is 0 Å². The van der Waals surface area contributed by atoms with Crippen LogP contribution in [0.2, 0.25) is 0 Å². The van der Waals surface area contributed by atoms with Crippen molar-refractivity contribution in [2.45, 2.75) is 24.5 Å². The minimum atomic E-state index is 0.362. The molecule has 0 radical (unpaired) electrons. The van der Waals surface area contributed by atoms with Gasteiger partial charge in [0.15, 0.2) is 0 Å². The molecule has 2 rings (SSSR count). The van der Waals surface area contributed by atoms with Crippen molar-refractivity contribution in [2.24, 2.45) is 5.41 Å². The third-order valence-corrected chi connectivity index (χ3v) is 6.01. The van der Waals surface area contributed by atoms with Crippen molar-refractivity contribution < 1.29 is 0 Å². The molecule has 4 heteroatoms. The minimum absolute atomic E-state index is 0.362. The molecule has 0 spiro atoms. The molecule has 15 heavy (non-hydrogen) atoms. The Morgan fingerprint density at radius 2 is 2.27 bits per heavy atom. The lowest BCUT2D eigenvalue weighted by molar-refractivity contribution is 0.469. The third kappa shape index (κ3) is 3.58. The molecule has 0 aromatic rings. The molecule has 84 valence electrons. The second-order valence-corrected chi connectivity index (χ2v) is 7.09. The molecule has 1 aliphatic heterocycles. The van der Waals surface area contributed by atoms with Gasteiger partial charge in [0, 0.05) is 42.0 Å². The Bertz CT molecular complexity index is 239. The highest BCUT2D eigenvalue weighted by atomic mass is 32.2. The van der Waals surface area contributed by atoms with E-state index in [1.54, 1.807) is 0 Å². The number of nitrogens with one attached hydrogen (secondary N) is 1. The summed E-state index contributed by atoms with van der Waals surface area (Å²) in [6.07, 6.45) is 3.24. The maximum absolute atomic E-state index is 8.70. The van der Waals surface area contributed by atoms with Crippen LogP contribution in [0.25, 0.3) is 0 Å². The average molecular weight is 242 g/mol. The summed E-state index contributed by atoms with van der Waals surface area (Å²) in [5, 5.41) is 13.1. The highest BCUT2D eigenvalue weighted by molar-refractivity contribution is 8.06.